The van der Waals surface area contributed by atoms with Crippen molar-refractivity contribution in [2.24, 2.45) is 0 Å². The molecule has 152 valence electrons. The lowest BCUT2D eigenvalue weighted by atomic mass is 10.0. The fourth-order valence-corrected chi connectivity index (χ4v) is 4.30. The Kier molecular flexibility index (Phi) is 5.33. The van der Waals surface area contributed by atoms with Gasteiger partial charge in [-0.05, 0) is 40.6 Å². The summed E-state index contributed by atoms with van der Waals surface area (Å²) in [6.07, 6.45) is 5.41. The number of ether oxygens (including phenoxy) is 1. The highest BCUT2D eigenvalue weighted by Crippen LogP contribution is 2.34. The Balaban J connectivity index is 1.39. The van der Waals surface area contributed by atoms with Crippen molar-refractivity contribution in [1.29, 1.82) is 0 Å². The van der Waals surface area contributed by atoms with Crippen LogP contribution >= 0.6 is 11.8 Å². The van der Waals surface area contributed by atoms with Crippen LogP contribution in [0, 0.1) is 0 Å². The molecule has 0 bridgehead atoms. The molecule has 3 aromatic carbocycles. The van der Waals surface area contributed by atoms with Gasteiger partial charge in [-0.3, -0.25) is 0 Å². The molecule has 5 aromatic rings. The van der Waals surface area contributed by atoms with Crippen molar-refractivity contribution in [3.8, 4) is 22.6 Å². The number of rotatable bonds is 6. The summed E-state index contributed by atoms with van der Waals surface area (Å²) in [6, 6.07) is 22.4. The number of hydrogen-bond acceptors (Lipinski definition) is 6. The molecular weight excluding hydrogens is 406 g/mol. The minimum atomic E-state index is 0.658. The molecule has 0 aliphatic rings. The summed E-state index contributed by atoms with van der Waals surface area (Å²) in [7, 11) is 1.65. The Hall–Kier alpha value is -3.71. The number of methoxy groups -OCH3 is 1. The standard InChI is InChI=1S/C24H19N5OS/c1-30-20-11-9-19(10-12-20)29-14-18(27-28-29)15-31-24-23(13-25-16-26-24)22-8-4-6-17-5-2-3-7-21(17)22/h2-14,16H,15H2,1H3. The van der Waals surface area contributed by atoms with Gasteiger partial charge in [0, 0.05) is 17.5 Å². The summed E-state index contributed by atoms with van der Waals surface area (Å²) >= 11 is 1.63. The van der Waals surface area contributed by atoms with Crippen molar-refractivity contribution >= 4 is 22.5 Å². The topological polar surface area (TPSA) is 65.7 Å². The molecule has 0 aliphatic carbocycles. The van der Waals surface area contributed by atoms with Crippen molar-refractivity contribution in [2.75, 3.05) is 7.11 Å². The van der Waals surface area contributed by atoms with Gasteiger partial charge in [-0.1, -0.05) is 59.4 Å². The quantitative estimate of drug-likeness (QED) is 0.276. The number of benzene rings is 3. The van der Waals surface area contributed by atoms with E-state index in [2.05, 4.69) is 62.7 Å². The van der Waals surface area contributed by atoms with E-state index in [0.29, 0.717) is 5.75 Å². The van der Waals surface area contributed by atoms with Crippen molar-refractivity contribution in [1.82, 2.24) is 25.0 Å². The number of nitrogens with zero attached hydrogens (tertiary/aromatic N) is 5. The molecule has 0 N–H and O–H groups in total. The van der Waals surface area contributed by atoms with Gasteiger partial charge in [0.1, 0.15) is 17.1 Å². The SMILES string of the molecule is COc1ccc(-n2cc(CSc3ncncc3-c3cccc4ccccc34)nn2)cc1. The molecule has 31 heavy (non-hydrogen) atoms. The lowest BCUT2D eigenvalue weighted by molar-refractivity contribution is 0.414. The molecule has 0 fully saturated rings. The fraction of sp³-hybridized carbons (Fsp3) is 0.0833. The van der Waals surface area contributed by atoms with Crippen LogP contribution in [0.4, 0.5) is 0 Å². The Labute approximate surface area is 183 Å². The first-order chi connectivity index (χ1) is 15.3. The van der Waals surface area contributed by atoms with Gasteiger partial charge in [-0.2, -0.15) is 0 Å². The zero-order chi connectivity index (χ0) is 21.0. The second kappa shape index (κ2) is 8.57. The highest BCUT2D eigenvalue weighted by molar-refractivity contribution is 7.98. The van der Waals surface area contributed by atoms with Gasteiger partial charge < -0.3 is 4.74 Å². The fourth-order valence-electron chi connectivity index (χ4n) is 3.45. The monoisotopic (exact) mass is 425 g/mol. The van der Waals surface area contributed by atoms with Gasteiger partial charge in [-0.15, -0.1) is 5.10 Å². The van der Waals surface area contributed by atoms with Gasteiger partial charge in [0.2, 0.25) is 0 Å². The predicted octanol–water partition coefficient (Wildman–Crippen LogP) is 5.18. The molecule has 7 heteroatoms. The molecule has 0 amide bonds. The normalized spacial score (nSPS) is 11.0. The Morgan fingerprint density at radius 1 is 0.935 bits per heavy atom. The van der Waals surface area contributed by atoms with Gasteiger partial charge >= 0.3 is 0 Å². The molecular formula is C24H19N5OS. The number of thioether (sulfide) groups is 1. The van der Waals surface area contributed by atoms with Crippen LogP contribution < -0.4 is 4.74 Å². The first kappa shape index (κ1) is 19.3. The first-order valence-electron chi connectivity index (χ1n) is 9.78. The van der Waals surface area contributed by atoms with E-state index in [0.717, 1.165) is 33.3 Å². The molecule has 0 saturated carbocycles. The zero-order valence-electron chi connectivity index (χ0n) is 16.8. The van der Waals surface area contributed by atoms with Crippen molar-refractivity contribution < 1.29 is 4.74 Å². The van der Waals surface area contributed by atoms with Gasteiger partial charge in [0.15, 0.2) is 0 Å². The van der Waals surface area contributed by atoms with E-state index in [-0.39, 0.29) is 0 Å². The molecule has 2 heterocycles. The minimum absolute atomic E-state index is 0.658. The average Bonchev–Trinajstić information content (AvgIpc) is 3.32. The third-order valence-corrected chi connectivity index (χ3v) is 6.03. The smallest absolute Gasteiger partial charge is 0.119 e. The van der Waals surface area contributed by atoms with E-state index in [1.54, 1.807) is 29.9 Å². The molecule has 2 aromatic heterocycles. The summed E-state index contributed by atoms with van der Waals surface area (Å²) in [5, 5.41) is 11.9. The molecule has 6 nitrogen and oxygen atoms in total. The second-order valence-electron chi connectivity index (χ2n) is 6.91. The van der Waals surface area contributed by atoms with Crippen molar-refractivity contribution in [3.05, 3.63) is 91.1 Å². The summed E-state index contributed by atoms with van der Waals surface area (Å²) in [6.45, 7) is 0. The van der Waals surface area contributed by atoms with E-state index in [9.17, 15) is 0 Å². The van der Waals surface area contributed by atoms with Crippen molar-refractivity contribution in [2.45, 2.75) is 10.8 Å². The predicted molar refractivity (Wildman–Crippen MR) is 122 cm³/mol. The number of hydrogen-bond donors (Lipinski definition) is 0. The summed E-state index contributed by atoms with van der Waals surface area (Å²) in [5.74, 6) is 1.47. The highest BCUT2D eigenvalue weighted by atomic mass is 32.2. The zero-order valence-corrected chi connectivity index (χ0v) is 17.7. The Morgan fingerprint density at radius 3 is 2.65 bits per heavy atom. The second-order valence-corrected chi connectivity index (χ2v) is 7.87. The molecule has 0 spiro atoms. The molecule has 0 aliphatic heterocycles. The molecule has 0 unspecified atom stereocenters. The summed E-state index contributed by atoms with van der Waals surface area (Å²) < 4.78 is 6.98. The summed E-state index contributed by atoms with van der Waals surface area (Å²) in [5.41, 5.74) is 3.96. The van der Waals surface area contributed by atoms with E-state index in [1.165, 1.54) is 10.8 Å². The van der Waals surface area contributed by atoms with Gasteiger partial charge in [0.05, 0.1) is 24.7 Å². The maximum atomic E-state index is 5.21. The van der Waals surface area contributed by atoms with E-state index >= 15 is 0 Å². The van der Waals surface area contributed by atoms with E-state index < -0.39 is 0 Å². The highest BCUT2D eigenvalue weighted by Gasteiger charge is 2.12. The molecule has 0 saturated heterocycles. The Bertz CT molecular complexity index is 1330. The van der Waals surface area contributed by atoms with Crippen LogP contribution in [0.15, 0.2) is 90.5 Å². The third-order valence-electron chi connectivity index (χ3n) is 4.99. The van der Waals surface area contributed by atoms with Crippen molar-refractivity contribution in [3.63, 3.8) is 0 Å². The summed E-state index contributed by atoms with van der Waals surface area (Å²) in [4.78, 5) is 8.82. The lowest BCUT2D eigenvalue weighted by Crippen LogP contribution is -1.94. The van der Waals surface area contributed by atoms with Crippen LogP contribution in [-0.4, -0.2) is 32.1 Å². The lowest BCUT2D eigenvalue weighted by Gasteiger charge is -2.10. The molecule has 0 radical (unpaired) electrons. The first-order valence-corrected chi connectivity index (χ1v) is 10.8. The molecule has 5 rings (SSSR count). The average molecular weight is 426 g/mol. The third kappa shape index (κ3) is 4.00. The van der Waals surface area contributed by atoms with Crippen LogP contribution in [-0.2, 0) is 5.75 Å². The largest absolute Gasteiger partial charge is 0.497 e. The number of aromatic nitrogens is 5. The van der Waals surface area contributed by atoms with E-state index in [4.69, 9.17) is 4.74 Å². The van der Waals surface area contributed by atoms with Crippen LogP contribution in [0.2, 0.25) is 0 Å². The van der Waals surface area contributed by atoms with Crippen LogP contribution in [0.3, 0.4) is 0 Å². The van der Waals surface area contributed by atoms with Gasteiger partial charge in [-0.25, -0.2) is 14.6 Å². The maximum absolute atomic E-state index is 5.21. The van der Waals surface area contributed by atoms with Crippen LogP contribution in [0.5, 0.6) is 5.75 Å². The van der Waals surface area contributed by atoms with Crippen LogP contribution in [0.1, 0.15) is 5.69 Å². The Morgan fingerprint density at radius 2 is 1.77 bits per heavy atom. The minimum Gasteiger partial charge on any atom is -0.497 e. The number of fused-ring (bicyclic) bond motifs is 1. The molecule has 0 atom stereocenters. The van der Waals surface area contributed by atoms with E-state index in [1.807, 2.05) is 36.7 Å². The maximum Gasteiger partial charge on any atom is 0.119 e. The van der Waals surface area contributed by atoms with Gasteiger partial charge in [0.25, 0.3) is 0 Å². The van der Waals surface area contributed by atoms with Crippen LogP contribution in [0.25, 0.3) is 27.6 Å².